The quantitative estimate of drug-likeness (QED) is 0.850. The van der Waals surface area contributed by atoms with E-state index in [-0.39, 0.29) is 11.9 Å². The first-order valence-electron chi connectivity index (χ1n) is 5.65. The van der Waals surface area contributed by atoms with Crippen LogP contribution >= 0.6 is 0 Å². The minimum atomic E-state index is -0.237. The maximum Gasteiger partial charge on any atom is 0.143 e. The Balaban J connectivity index is 2.31. The van der Waals surface area contributed by atoms with Gasteiger partial charge in [-0.3, -0.25) is 0 Å². The number of nitrogens with zero attached hydrogens (tertiary/aromatic N) is 1. The number of rotatable bonds is 3. The van der Waals surface area contributed by atoms with Crippen molar-refractivity contribution < 1.29 is 9.13 Å². The molecule has 0 aromatic heterocycles. The second-order valence-electron chi connectivity index (χ2n) is 3.99. The molecule has 0 saturated carbocycles. The first kappa shape index (κ1) is 11.2. The standard InChI is InChI=1S/C12H17FN2O/c1-2-10-8-15(6-5-14)11-7-9(13)3-4-12(11)16-10/h3-4,7,10H,2,5-6,8,14H2,1H3. The SMILES string of the molecule is CCC1CN(CCN)c2cc(F)ccc2O1. The first-order valence-corrected chi connectivity index (χ1v) is 5.65. The molecule has 0 fully saturated rings. The molecule has 1 aromatic carbocycles. The number of benzene rings is 1. The highest BCUT2D eigenvalue weighted by molar-refractivity contribution is 5.60. The Bertz CT molecular complexity index is 370. The first-order chi connectivity index (χ1) is 7.74. The van der Waals surface area contributed by atoms with Crippen molar-refractivity contribution in [3.63, 3.8) is 0 Å². The topological polar surface area (TPSA) is 38.5 Å². The molecule has 4 heteroatoms. The van der Waals surface area contributed by atoms with Crippen LogP contribution in [0, 0.1) is 5.82 Å². The number of hydrogen-bond donors (Lipinski definition) is 1. The van der Waals surface area contributed by atoms with Crippen LogP contribution in [0.5, 0.6) is 5.75 Å². The lowest BCUT2D eigenvalue weighted by Gasteiger charge is -2.35. The van der Waals surface area contributed by atoms with E-state index in [0.29, 0.717) is 6.54 Å². The van der Waals surface area contributed by atoms with Crippen LogP contribution in [0.15, 0.2) is 18.2 Å². The lowest BCUT2D eigenvalue weighted by Crippen LogP contribution is -2.42. The average molecular weight is 224 g/mol. The van der Waals surface area contributed by atoms with E-state index in [1.807, 2.05) is 0 Å². The Morgan fingerprint density at radius 2 is 2.38 bits per heavy atom. The van der Waals surface area contributed by atoms with E-state index in [4.69, 9.17) is 10.5 Å². The van der Waals surface area contributed by atoms with E-state index in [1.165, 1.54) is 12.1 Å². The van der Waals surface area contributed by atoms with E-state index in [1.54, 1.807) is 6.07 Å². The van der Waals surface area contributed by atoms with Crippen molar-refractivity contribution in [3.05, 3.63) is 24.0 Å². The molecule has 0 aliphatic carbocycles. The number of hydrogen-bond acceptors (Lipinski definition) is 3. The van der Waals surface area contributed by atoms with Gasteiger partial charge in [0.25, 0.3) is 0 Å². The minimum absolute atomic E-state index is 0.171. The molecule has 16 heavy (non-hydrogen) atoms. The predicted octanol–water partition coefficient (Wildman–Crippen LogP) is 1.76. The molecular weight excluding hydrogens is 207 g/mol. The fourth-order valence-electron chi connectivity index (χ4n) is 1.98. The van der Waals surface area contributed by atoms with E-state index in [2.05, 4.69) is 11.8 Å². The summed E-state index contributed by atoms with van der Waals surface area (Å²) in [5.74, 6) is 0.521. The smallest absolute Gasteiger partial charge is 0.143 e. The van der Waals surface area contributed by atoms with Crippen molar-refractivity contribution in [1.29, 1.82) is 0 Å². The third-order valence-electron chi connectivity index (χ3n) is 2.83. The molecule has 2 rings (SSSR count). The van der Waals surface area contributed by atoms with Crippen LogP contribution in [-0.2, 0) is 0 Å². The third-order valence-corrected chi connectivity index (χ3v) is 2.83. The molecule has 0 spiro atoms. The van der Waals surface area contributed by atoms with E-state index in [9.17, 15) is 4.39 Å². The normalized spacial score (nSPS) is 19.2. The fraction of sp³-hybridized carbons (Fsp3) is 0.500. The number of nitrogens with two attached hydrogens (primary N) is 1. The van der Waals surface area contributed by atoms with Gasteiger partial charge >= 0.3 is 0 Å². The second-order valence-corrected chi connectivity index (χ2v) is 3.99. The number of halogens is 1. The van der Waals surface area contributed by atoms with Crippen LogP contribution in [0.4, 0.5) is 10.1 Å². The van der Waals surface area contributed by atoms with Crippen molar-refractivity contribution in [1.82, 2.24) is 0 Å². The highest BCUT2D eigenvalue weighted by Crippen LogP contribution is 2.34. The van der Waals surface area contributed by atoms with Gasteiger partial charge in [0.2, 0.25) is 0 Å². The maximum atomic E-state index is 13.2. The molecule has 0 radical (unpaired) electrons. The largest absolute Gasteiger partial charge is 0.486 e. The molecule has 1 aliphatic rings. The van der Waals surface area contributed by atoms with Crippen LogP contribution in [0.25, 0.3) is 0 Å². The fourth-order valence-corrected chi connectivity index (χ4v) is 1.98. The summed E-state index contributed by atoms with van der Waals surface area (Å²) in [6.07, 6.45) is 1.11. The summed E-state index contributed by atoms with van der Waals surface area (Å²) in [5.41, 5.74) is 6.38. The maximum absolute atomic E-state index is 13.2. The molecule has 88 valence electrons. The Labute approximate surface area is 95.0 Å². The Morgan fingerprint density at radius 3 is 3.06 bits per heavy atom. The molecule has 1 aliphatic heterocycles. The summed E-state index contributed by atoms with van der Waals surface area (Å²) < 4.78 is 18.9. The molecule has 3 nitrogen and oxygen atoms in total. The Morgan fingerprint density at radius 1 is 1.56 bits per heavy atom. The average Bonchev–Trinajstić information content (AvgIpc) is 2.30. The van der Waals surface area contributed by atoms with Gasteiger partial charge in [0.05, 0.1) is 12.2 Å². The molecule has 1 atom stereocenters. The van der Waals surface area contributed by atoms with Gasteiger partial charge in [-0.2, -0.15) is 0 Å². The summed E-state index contributed by atoms with van der Waals surface area (Å²) in [6, 6.07) is 4.63. The van der Waals surface area contributed by atoms with Crippen molar-refractivity contribution >= 4 is 5.69 Å². The van der Waals surface area contributed by atoms with Crippen LogP contribution in [0.3, 0.4) is 0 Å². The Kier molecular flexibility index (Phi) is 3.29. The summed E-state index contributed by atoms with van der Waals surface area (Å²) in [5, 5.41) is 0. The van der Waals surface area contributed by atoms with Gasteiger partial charge < -0.3 is 15.4 Å². The van der Waals surface area contributed by atoms with Gasteiger partial charge in [-0.15, -0.1) is 0 Å². The van der Waals surface area contributed by atoms with Crippen molar-refractivity contribution in [2.75, 3.05) is 24.5 Å². The van der Waals surface area contributed by atoms with Crippen LogP contribution in [0.2, 0.25) is 0 Å². The number of ether oxygens (including phenoxy) is 1. The monoisotopic (exact) mass is 224 g/mol. The Hall–Kier alpha value is -1.29. The third kappa shape index (κ3) is 2.11. The van der Waals surface area contributed by atoms with Gasteiger partial charge in [-0.1, -0.05) is 6.92 Å². The van der Waals surface area contributed by atoms with Gasteiger partial charge in [-0.05, 0) is 18.6 Å². The summed E-state index contributed by atoms with van der Waals surface area (Å²) in [6.45, 7) is 4.16. The van der Waals surface area contributed by atoms with Gasteiger partial charge in [-0.25, -0.2) is 4.39 Å². The molecule has 0 saturated heterocycles. The summed E-state index contributed by atoms with van der Waals surface area (Å²) in [4.78, 5) is 2.09. The predicted molar refractivity (Wildman–Crippen MR) is 62.4 cm³/mol. The second kappa shape index (κ2) is 4.70. The van der Waals surface area contributed by atoms with Crippen LogP contribution in [0.1, 0.15) is 13.3 Å². The molecule has 0 bridgehead atoms. The summed E-state index contributed by atoms with van der Waals surface area (Å²) in [7, 11) is 0. The molecule has 1 heterocycles. The zero-order valence-corrected chi connectivity index (χ0v) is 9.45. The molecule has 1 aromatic rings. The zero-order valence-electron chi connectivity index (χ0n) is 9.45. The van der Waals surface area contributed by atoms with E-state index >= 15 is 0 Å². The number of anilines is 1. The molecule has 0 amide bonds. The zero-order chi connectivity index (χ0) is 11.5. The van der Waals surface area contributed by atoms with Crippen molar-refractivity contribution in [3.8, 4) is 5.75 Å². The van der Waals surface area contributed by atoms with Gasteiger partial charge in [0.15, 0.2) is 0 Å². The van der Waals surface area contributed by atoms with Crippen molar-refractivity contribution in [2.24, 2.45) is 5.73 Å². The highest BCUT2D eigenvalue weighted by atomic mass is 19.1. The van der Waals surface area contributed by atoms with Crippen molar-refractivity contribution in [2.45, 2.75) is 19.4 Å². The molecule has 2 N–H and O–H groups in total. The molecule has 1 unspecified atom stereocenters. The summed E-state index contributed by atoms with van der Waals surface area (Å²) >= 11 is 0. The minimum Gasteiger partial charge on any atom is -0.486 e. The van der Waals surface area contributed by atoms with Gasteiger partial charge in [0, 0.05) is 19.2 Å². The highest BCUT2D eigenvalue weighted by Gasteiger charge is 2.24. The van der Waals surface area contributed by atoms with Crippen LogP contribution < -0.4 is 15.4 Å². The van der Waals surface area contributed by atoms with Crippen LogP contribution in [-0.4, -0.2) is 25.7 Å². The van der Waals surface area contributed by atoms with Gasteiger partial charge in [0.1, 0.15) is 17.7 Å². The van der Waals surface area contributed by atoms with E-state index < -0.39 is 0 Å². The van der Waals surface area contributed by atoms with E-state index in [0.717, 1.165) is 30.9 Å². The molecular formula is C12H17FN2O. The lowest BCUT2D eigenvalue weighted by atomic mass is 10.1. The number of fused-ring (bicyclic) bond motifs is 1. The lowest BCUT2D eigenvalue weighted by molar-refractivity contribution is 0.189.